The molecule has 2 aromatic carbocycles. The van der Waals surface area contributed by atoms with E-state index in [1.807, 2.05) is 12.1 Å². The molecular weight excluding hydrogens is 232 g/mol. The van der Waals surface area contributed by atoms with Gasteiger partial charge in [-0.3, -0.25) is 4.79 Å². The van der Waals surface area contributed by atoms with Gasteiger partial charge >= 0.3 is 0 Å². The number of carbonyl (C=O) groups excluding carboxylic acids is 1. The van der Waals surface area contributed by atoms with Crippen LogP contribution in [0.25, 0.3) is 6.08 Å². The summed E-state index contributed by atoms with van der Waals surface area (Å²) in [6.45, 7) is 3.67. The van der Waals surface area contributed by atoms with Gasteiger partial charge < -0.3 is 0 Å². The third kappa shape index (κ3) is 2.63. The lowest BCUT2D eigenvalue weighted by atomic mass is 10.0. The van der Waals surface area contributed by atoms with Gasteiger partial charge in [-0.05, 0) is 29.8 Å². The van der Waals surface area contributed by atoms with Crippen LogP contribution in [0.1, 0.15) is 21.5 Å². The van der Waals surface area contributed by atoms with Gasteiger partial charge in [0.25, 0.3) is 0 Å². The summed E-state index contributed by atoms with van der Waals surface area (Å²) >= 11 is 5.78. The highest BCUT2D eigenvalue weighted by Gasteiger charge is 2.08. The van der Waals surface area contributed by atoms with Crippen LogP contribution in [0.4, 0.5) is 0 Å². The van der Waals surface area contributed by atoms with E-state index in [9.17, 15) is 4.79 Å². The minimum Gasteiger partial charge on any atom is -0.289 e. The number of benzene rings is 2. The molecule has 0 N–H and O–H groups in total. The first-order valence-corrected chi connectivity index (χ1v) is 5.61. The second-order valence-corrected chi connectivity index (χ2v) is 4.10. The highest BCUT2D eigenvalue weighted by molar-refractivity contribution is 6.30. The van der Waals surface area contributed by atoms with Crippen molar-refractivity contribution in [1.29, 1.82) is 0 Å². The molecule has 2 aromatic rings. The molecule has 0 fully saturated rings. The Hall–Kier alpha value is -1.86. The molecule has 0 bridgehead atoms. The smallest absolute Gasteiger partial charge is 0.193 e. The Kier molecular flexibility index (Phi) is 3.40. The second kappa shape index (κ2) is 4.98. The van der Waals surface area contributed by atoms with Gasteiger partial charge in [0.2, 0.25) is 0 Å². The number of hydrogen-bond donors (Lipinski definition) is 0. The first-order valence-electron chi connectivity index (χ1n) is 5.23. The molecule has 0 aromatic heterocycles. The van der Waals surface area contributed by atoms with Crippen LogP contribution in [-0.2, 0) is 0 Å². The summed E-state index contributed by atoms with van der Waals surface area (Å²) < 4.78 is 0. The van der Waals surface area contributed by atoms with E-state index in [1.54, 1.807) is 42.5 Å². The molecule has 0 atom stereocenters. The van der Waals surface area contributed by atoms with Crippen molar-refractivity contribution in [2.75, 3.05) is 0 Å². The summed E-state index contributed by atoms with van der Waals surface area (Å²) in [5, 5.41) is 0.628. The summed E-state index contributed by atoms with van der Waals surface area (Å²) in [5.74, 6) is -0.00252. The summed E-state index contributed by atoms with van der Waals surface area (Å²) in [5.41, 5.74) is 2.30. The number of hydrogen-bond acceptors (Lipinski definition) is 1. The van der Waals surface area contributed by atoms with Gasteiger partial charge in [-0.25, -0.2) is 0 Å². The van der Waals surface area contributed by atoms with E-state index in [0.29, 0.717) is 16.1 Å². The van der Waals surface area contributed by atoms with Gasteiger partial charge in [0.05, 0.1) is 0 Å². The van der Waals surface area contributed by atoms with Gasteiger partial charge in [0.1, 0.15) is 0 Å². The van der Waals surface area contributed by atoms with Crippen LogP contribution in [-0.4, -0.2) is 5.78 Å². The molecule has 0 aliphatic carbocycles. The Balaban J connectivity index is 2.30. The van der Waals surface area contributed by atoms with Crippen molar-refractivity contribution < 1.29 is 4.79 Å². The molecule has 0 aliphatic rings. The van der Waals surface area contributed by atoms with E-state index in [2.05, 4.69) is 6.58 Å². The maximum Gasteiger partial charge on any atom is 0.193 e. The topological polar surface area (TPSA) is 17.1 Å². The molecule has 84 valence electrons. The third-order valence-electron chi connectivity index (χ3n) is 2.51. The van der Waals surface area contributed by atoms with Crippen LogP contribution in [0.3, 0.4) is 0 Å². The first-order chi connectivity index (χ1) is 8.20. The highest BCUT2D eigenvalue weighted by Crippen LogP contribution is 2.14. The van der Waals surface area contributed by atoms with E-state index in [-0.39, 0.29) is 5.78 Å². The van der Waals surface area contributed by atoms with Gasteiger partial charge in [0, 0.05) is 16.1 Å². The van der Waals surface area contributed by atoms with Crippen LogP contribution in [0.2, 0.25) is 5.02 Å². The minimum atomic E-state index is -0.00252. The molecule has 17 heavy (non-hydrogen) atoms. The Bertz CT molecular complexity index is 538. The molecule has 0 heterocycles. The summed E-state index contributed by atoms with van der Waals surface area (Å²) in [6, 6.07) is 14.2. The molecule has 0 spiro atoms. The average molecular weight is 243 g/mol. The van der Waals surface area contributed by atoms with Crippen molar-refractivity contribution in [3.8, 4) is 0 Å². The Morgan fingerprint density at radius 3 is 1.88 bits per heavy atom. The molecule has 0 unspecified atom stereocenters. The van der Waals surface area contributed by atoms with E-state index in [1.165, 1.54) is 0 Å². The fraction of sp³-hybridized carbons (Fsp3) is 0. The number of rotatable bonds is 3. The number of ketones is 1. The predicted octanol–water partition coefficient (Wildman–Crippen LogP) is 4.21. The first kappa shape index (κ1) is 11.6. The molecule has 0 amide bonds. The average Bonchev–Trinajstić information content (AvgIpc) is 2.39. The van der Waals surface area contributed by atoms with Crippen molar-refractivity contribution in [3.63, 3.8) is 0 Å². The van der Waals surface area contributed by atoms with Crippen molar-refractivity contribution >= 4 is 23.5 Å². The lowest BCUT2D eigenvalue weighted by Crippen LogP contribution is -2.00. The van der Waals surface area contributed by atoms with Crippen molar-refractivity contribution in [2.24, 2.45) is 0 Å². The molecule has 0 aliphatic heterocycles. The fourth-order valence-electron chi connectivity index (χ4n) is 1.54. The van der Waals surface area contributed by atoms with Gasteiger partial charge in [-0.15, -0.1) is 0 Å². The minimum absolute atomic E-state index is 0.00252. The fourth-order valence-corrected chi connectivity index (χ4v) is 1.66. The standard InChI is InChI=1S/C15H11ClO/c1-2-11-3-5-12(6-4-11)15(17)13-7-9-14(16)10-8-13/h2-10H,1H2. The quantitative estimate of drug-likeness (QED) is 0.737. The van der Waals surface area contributed by atoms with Crippen molar-refractivity contribution in [2.45, 2.75) is 0 Å². The second-order valence-electron chi connectivity index (χ2n) is 3.66. The summed E-state index contributed by atoms with van der Waals surface area (Å²) in [7, 11) is 0. The van der Waals surface area contributed by atoms with E-state index >= 15 is 0 Å². The molecule has 0 radical (unpaired) electrons. The lowest BCUT2D eigenvalue weighted by molar-refractivity contribution is 0.103. The van der Waals surface area contributed by atoms with Crippen LogP contribution < -0.4 is 0 Å². The van der Waals surface area contributed by atoms with Crippen LogP contribution in [0.5, 0.6) is 0 Å². The molecular formula is C15H11ClO. The molecule has 2 heteroatoms. The van der Waals surface area contributed by atoms with E-state index < -0.39 is 0 Å². The van der Waals surface area contributed by atoms with Crippen molar-refractivity contribution in [3.05, 3.63) is 76.8 Å². The van der Waals surface area contributed by atoms with Gasteiger partial charge in [-0.1, -0.05) is 48.5 Å². The van der Waals surface area contributed by atoms with E-state index in [4.69, 9.17) is 11.6 Å². The normalized spacial score (nSPS) is 9.94. The van der Waals surface area contributed by atoms with E-state index in [0.717, 1.165) is 5.56 Å². The van der Waals surface area contributed by atoms with Crippen LogP contribution in [0, 0.1) is 0 Å². The maximum atomic E-state index is 12.1. The largest absolute Gasteiger partial charge is 0.289 e. The lowest BCUT2D eigenvalue weighted by Gasteiger charge is -2.02. The Morgan fingerprint density at radius 2 is 1.41 bits per heavy atom. The molecule has 2 rings (SSSR count). The number of carbonyl (C=O) groups is 1. The molecule has 0 saturated heterocycles. The van der Waals surface area contributed by atoms with Gasteiger partial charge in [-0.2, -0.15) is 0 Å². The maximum absolute atomic E-state index is 12.1. The zero-order valence-corrected chi connectivity index (χ0v) is 9.95. The predicted molar refractivity (Wildman–Crippen MR) is 71.4 cm³/mol. The van der Waals surface area contributed by atoms with Gasteiger partial charge in [0.15, 0.2) is 5.78 Å². The molecule has 0 saturated carbocycles. The molecule has 1 nitrogen and oxygen atoms in total. The van der Waals surface area contributed by atoms with Crippen molar-refractivity contribution in [1.82, 2.24) is 0 Å². The summed E-state index contributed by atoms with van der Waals surface area (Å²) in [4.78, 5) is 12.1. The third-order valence-corrected chi connectivity index (χ3v) is 2.77. The Morgan fingerprint density at radius 1 is 0.941 bits per heavy atom. The van der Waals surface area contributed by atoms with Crippen LogP contribution in [0.15, 0.2) is 55.1 Å². The van der Waals surface area contributed by atoms with Crippen LogP contribution >= 0.6 is 11.6 Å². The summed E-state index contributed by atoms with van der Waals surface area (Å²) in [6.07, 6.45) is 1.75. The highest BCUT2D eigenvalue weighted by atomic mass is 35.5. The zero-order chi connectivity index (χ0) is 12.3. The SMILES string of the molecule is C=Cc1ccc(C(=O)c2ccc(Cl)cc2)cc1. The number of halogens is 1. The zero-order valence-electron chi connectivity index (χ0n) is 9.19. The monoisotopic (exact) mass is 242 g/mol. The Labute approximate surface area is 105 Å².